The molecular formula is C26H37NO9. The molecule has 0 N–H and O–H groups in total. The first kappa shape index (κ1) is 26.8. The van der Waals surface area contributed by atoms with Crippen LogP contribution in [0.15, 0.2) is 24.3 Å². The topological polar surface area (TPSA) is 105 Å². The van der Waals surface area contributed by atoms with Crippen LogP contribution in [0, 0.1) is 0 Å². The van der Waals surface area contributed by atoms with Gasteiger partial charge in [-0.15, -0.1) is 0 Å². The van der Waals surface area contributed by atoms with Crippen molar-refractivity contribution in [3.63, 3.8) is 0 Å². The summed E-state index contributed by atoms with van der Waals surface area (Å²) in [4.78, 5) is 31.0. The Hall–Kier alpha value is -2.24. The van der Waals surface area contributed by atoms with Crippen molar-refractivity contribution in [3.8, 4) is 5.75 Å². The van der Waals surface area contributed by atoms with Crippen LogP contribution in [-0.4, -0.2) is 86.2 Å². The molecule has 3 saturated heterocycles. The third-order valence-corrected chi connectivity index (χ3v) is 6.70. The predicted molar refractivity (Wildman–Crippen MR) is 127 cm³/mol. The molecule has 0 aliphatic carbocycles. The summed E-state index contributed by atoms with van der Waals surface area (Å²) in [6.45, 7) is 9.93. The van der Waals surface area contributed by atoms with Crippen LogP contribution in [0.3, 0.4) is 0 Å². The number of esters is 2. The second kappa shape index (κ2) is 10.3. The van der Waals surface area contributed by atoms with Crippen LogP contribution in [0.2, 0.25) is 0 Å². The Kier molecular flexibility index (Phi) is 7.64. The van der Waals surface area contributed by atoms with E-state index < -0.39 is 41.0 Å². The summed E-state index contributed by atoms with van der Waals surface area (Å²) < 4.78 is 32.8. The van der Waals surface area contributed by atoms with E-state index in [-0.39, 0.29) is 6.10 Å². The van der Waals surface area contributed by atoms with Gasteiger partial charge in [0.1, 0.15) is 18.5 Å². The standard InChI is InChI=1S/C26H37NO9/c1-24(2)15-26(35-20(22(28)30-5)21(36-26)23(29)31-6)16-25(3,4)27(24)34-12-11-17-7-9-18(10-8-17)32-13-19-14-33-19/h7-10,19-21H,11-16H2,1-6H3. The summed E-state index contributed by atoms with van der Waals surface area (Å²) in [5.41, 5.74) is 0.0739. The fourth-order valence-electron chi connectivity index (χ4n) is 5.41. The lowest BCUT2D eigenvalue weighted by molar-refractivity contribution is -0.338. The van der Waals surface area contributed by atoms with Gasteiger partial charge in [0.15, 0.2) is 18.0 Å². The fraction of sp³-hybridized carbons (Fsp3) is 0.692. The van der Waals surface area contributed by atoms with Crippen molar-refractivity contribution >= 4 is 11.9 Å². The number of epoxide rings is 1. The molecule has 200 valence electrons. The van der Waals surface area contributed by atoms with Crippen LogP contribution in [-0.2, 0) is 44.5 Å². The van der Waals surface area contributed by atoms with Gasteiger partial charge in [-0.25, -0.2) is 9.59 Å². The van der Waals surface area contributed by atoms with Crippen LogP contribution < -0.4 is 4.74 Å². The smallest absolute Gasteiger partial charge is 0.338 e. The number of hydrogen-bond donors (Lipinski definition) is 0. The summed E-state index contributed by atoms with van der Waals surface area (Å²) in [7, 11) is 2.50. The quantitative estimate of drug-likeness (QED) is 0.365. The van der Waals surface area contributed by atoms with Gasteiger partial charge < -0.3 is 28.4 Å². The maximum atomic E-state index is 12.3. The van der Waals surface area contributed by atoms with Crippen molar-refractivity contribution in [1.82, 2.24) is 5.06 Å². The molecule has 3 aliphatic rings. The van der Waals surface area contributed by atoms with Gasteiger partial charge in [0, 0.05) is 23.9 Å². The molecule has 0 saturated carbocycles. The van der Waals surface area contributed by atoms with E-state index in [1.54, 1.807) is 0 Å². The lowest BCUT2D eigenvalue weighted by atomic mass is 9.78. The van der Waals surface area contributed by atoms with Crippen molar-refractivity contribution < 1.29 is 42.8 Å². The van der Waals surface area contributed by atoms with Crippen molar-refractivity contribution in [2.45, 2.75) is 82.1 Å². The van der Waals surface area contributed by atoms with Gasteiger partial charge in [-0.05, 0) is 51.8 Å². The van der Waals surface area contributed by atoms with Gasteiger partial charge in [-0.2, -0.15) is 5.06 Å². The average Bonchev–Trinajstić information content (AvgIpc) is 3.59. The molecule has 0 aromatic heterocycles. The van der Waals surface area contributed by atoms with Crippen molar-refractivity contribution in [1.29, 1.82) is 0 Å². The highest BCUT2D eigenvalue weighted by molar-refractivity contribution is 5.86. The van der Waals surface area contributed by atoms with Crippen molar-refractivity contribution in [2.24, 2.45) is 0 Å². The second-order valence-corrected chi connectivity index (χ2v) is 10.8. The van der Waals surface area contributed by atoms with Crippen LogP contribution in [0.25, 0.3) is 0 Å². The molecule has 0 bridgehead atoms. The summed E-state index contributed by atoms with van der Waals surface area (Å²) in [6.07, 6.45) is -0.675. The number of methoxy groups -OCH3 is 2. The molecule has 4 rings (SSSR count). The number of benzene rings is 1. The number of hydroxylamine groups is 2. The molecule has 3 fully saturated rings. The lowest BCUT2D eigenvalue weighted by Gasteiger charge is -2.56. The van der Waals surface area contributed by atoms with E-state index in [2.05, 4.69) is 0 Å². The van der Waals surface area contributed by atoms with E-state index >= 15 is 0 Å². The Labute approximate surface area is 212 Å². The number of ether oxygens (including phenoxy) is 6. The normalized spacial score (nSPS) is 28.0. The zero-order valence-electron chi connectivity index (χ0n) is 21.9. The number of piperidine rings is 1. The summed E-state index contributed by atoms with van der Waals surface area (Å²) >= 11 is 0. The van der Waals surface area contributed by atoms with Gasteiger partial charge in [-0.3, -0.25) is 4.84 Å². The van der Waals surface area contributed by atoms with E-state index in [0.717, 1.165) is 24.3 Å². The molecule has 10 heteroatoms. The Morgan fingerprint density at radius 1 is 0.944 bits per heavy atom. The number of nitrogens with zero attached hydrogens (tertiary/aromatic N) is 1. The molecule has 0 radical (unpaired) electrons. The number of carbonyl (C=O) groups is 2. The third-order valence-electron chi connectivity index (χ3n) is 6.70. The maximum Gasteiger partial charge on any atom is 0.338 e. The molecule has 10 nitrogen and oxygen atoms in total. The van der Waals surface area contributed by atoms with Crippen molar-refractivity contribution in [2.75, 3.05) is 34.0 Å². The molecule has 3 aliphatic heterocycles. The summed E-state index contributed by atoms with van der Waals surface area (Å²) in [5, 5.41) is 1.98. The Balaban J connectivity index is 1.38. The molecule has 1 aromatic rings. The second-order valence-electron chi connectivity index (χ2n) is 10.8. The van der Waals surface area contributed by atoms with E-state index in [4.69, 9.17) is 33.3 Å². The minimum Gasteiger partial charge on any atom is -0.491 e. The van der Waals surface area contributed by atoms with Gasteiger partial charge >= 0.3 is 11.9 Å². The predicted octanol–water partition coefficient (Wildman–Crippen LogP) is 2.42. The van der Waals surface area contributed by atoms with Crippen molar-refractivity contribution in [3.05, 3.63) is 29.8 Å². The van der Waals surface area contributed by atoms with Crippen LogP contribution in [0.4, 0.5) is 0 Å². The molecule has 3 heterocycles. The molecule has 0 amide bonds. The molecular weight excluding hydrogens is 470 g/mol. The zero-order chi connectivity index (χ0) is 26.1. The van der Waals surface area contributed by atoms with Gasteiger partial charge in [-0.1, -0.05) is 12.1 Å². The Bertz CT molecular complexity index is 897. The first-order valence-corrected chi connectivity index (χ1v) is 12.3. The van der Waals surface area contributed by atoms with E-state index in [1.165, 1.54) is 14.2 Å². The van der Waals surface area contributed by atoms with Crippen LogP contribution in [0.1, 0.15) is 46.1 Å². The lowest BCUT2D eigenvalue weighted by Crippen LogP contribution is -2.65. The van der Waals surface area contributed by atoms with Gasteiger partial charge in [0.25, 0.3) is 0 Å². The molecule has 3 atom stereocenters. The Morgan fingerprint density at radius 3 is 1.94 bits per heavy atom. The van der Waals surface area contributed by atoms with Gasteiger partial charge in [0.05, 0.1) is 27.4 Å². The maximum absolute atomic E-state index is 12.3. The average molecular weight is 508 g/mol. The summed E-state index contributed by atoms with van der Waals surface area (Å²) in [6, 6.07) is 7.99. The molecule has 1 spiro atoms. The fourth-order valence-corrected chi connectivity index (χ4v) is 5.41. The molecule has 3 unspecified atom stereocenters. The highest BCUT2D eigenvalue weighted by Gasteiger charge is 2.62. The third kappa shape index (κ3) is 5.84. The van der Waals surface area contributed by atoms with E-state index in [1.807, 2.05) is 57.0 Å². The van der Waals surface area contributed by atoms with E-state index in [9.17, 15) is 9.59 Å². The minimum absolute atomic E-state index is 0.228. The van der Waals surface area contributed by atoms with Gasteiger partial charge in [0.2, 0.25) is 0 Å². The minimum atomic E-state index is -1.19. The summed E-state index contributed by atoms with van der Waals surface area (Å²) in [5.74, 6) is -1.68. The number of carbonyl (C=O) groups excluding carboxylic acids is 2. The number of hydrogen-bond acceptors (Lipinski definition) is 10. The molecule has 1 aromatic carbocycles. The highest BCUT2D eigenvalue weighted by Crippen LogP contribution is 2.50. The number of rotatable bonds is 9. The van der Waals surface area contributed by atoms with E-state index in [0.29, 0.717) is 26.1 Å². The van der Waals surface area contributed by atoms with Crippen LogP contribution in [0.5, 0.6) is 5.75 Å². The first-order chi connectivity index (χ1) is 17.0. The highest BCUT2D eigenvalue weighted by atomic mass is 16.8. The Morgan fingerprint density at radius 2 is 1.47 bits per heavy atom. The molecule has 36 heavy (non-hydrogen) atoms. The zero-order valence-corrected chi connectivity index (χ0v) is 21.9. The monoisotopic (exact) mass is 507 g/mol. The SMILES string of the molecule is COC(=O)C1OC2(CC(C)(C)N(OCCc3ccc(OCC4CO4)cc3)C(C)(C)C2)OC1C(=O)OC. The van der Waals surface area contributed by atoms with Crippen LogP contribution >= 0.6 is 0 Å². The first-order valence-electron chi connectivity index (χ1n) is 12.3. The largest absolute Gasteiger partial charge is 0.491 e.